The number of hydrogen-bond acceptors (Lipinski definition) is 2. The lowest BCUT2D eigenvalue weighted by atomic mass is 10.4. The van der Waals surface area contributed by atoms with Crippen LogP contribution in [0.15, 0.2) is 30.3 Å². The molecule has 0 unspecified atom stereocenters. The third kappa shape index (κ3) is 2.42. The smallest absolute Gasteiger partial charge is 0.112 e. The van der Waals surface area contributed by atoms with Gasteiger partial charge in [-0.05, 0) is 0 Å². The molecule has 14 heavy (non-hydrogen) atoms. The molecular formula is C10H17O2PSi. The minimum Gasteiger partial charge on any atom is -0.392 e. The van der Waals surface area contributed by atoms with Crippen LogP contribution in [0.4, 0.5) is 0 Å². The SMILES string of the molecule is C[Si](C)(c1ccccc1)P(CO)CO. The van der Waals surface area contributed by atoms with E-state index in [9.17, 15) is 10.2 Å². The molecule has 0 heterocycles. The average molecular weight is 228 g/mol. The van der Waals surface area contributed by atoms with Gasteiger partial charge in [0, 0.05) is 0 Å². The average Bonchev–Trinajstić information content (AvgIpc) is 2.20. The molecule has 0 radical (unpaired) electrons. The summed E-state index contributed by atoms with van der Waals surface area (Å²) < 4.78 is 0. The fraction of sp³-hybridized carbons (Fsp3) is 0.400. The van der Waals surface area contributed by atoms with E-state index in [1.165, 1.54) is 5.19 Å². The number of benzene rings is 1. The molecule has 2 N–H and O–H groups in total. The molecule has 0 aliphatic rings. The lowest BCUT2D eigenvalue weighted by molar-refractivity contribution is 0.346. The van der Waals surface area contributed by atoms with Gasteiger partial charge in [0.15, 0.2) is 0 Å². The van der Waals surface area contributed by atoms with Crippen molar-refractivity contribution >= 4 is 20.4 Å². The van der Waals surface area contributed by atoms with Crippen molar-refractivity contribution in [2.45, 2.75) is 13.1 Å². The zero-order valence-corrected chi connectivity index (χ0v) is 10.5. The topological polar surface area (TPSA) is 40.5 Å². The zero-order valence-electron chi connectivity index (χ0n) is 8.64. The summed E-state index contributed by atoms with van der Waals surface area (Å²) in [5, 5.41) is 19.8. The fourth-order valence-electron chi connectivity index (χ4n) is 1.43. The van der Waals surface area contributed by atoms with E-state index < -0.39 is 15.2 Å². The third-order valence-electron chi connectivity index (χ3n) is 2.61. The maximum absolute atomic E-state index is 9.23. The molecule has 78 valence electrons. The van der Waals surface area contributed by atoms with Gasteiger partial charge in [0.25, 0.3) is 0 Å². The van der Waals surface area contributed by atoms with E-state index in [2.05, 4.69) is 25.2 Å². The van der Waals surface area contributed by atoms with Crippen LogP contribution in [0.2, 0.25) is 13.1 Å². The molecule has 0 amide bonds. The van der Waals surface area contributed by atoms with Gasteiger partial charge in [-0.2, -0.15) is 0 Å². The maximum Gasteiger partial charge on any atom is 0.112 e. The van der Waals surface area contributed by atoms with Crippen LogP contribution in [0.1, 0.15) is 0 Å². The monoisotopic (exact) mass is 228 g/mol. The molecule has 1 aromatic rings. The van der Waals surface area contributed by atoms with Gasteiger partial charge < -0.3 is 10.2 Å². The van der Waals surface area contributed by atoms with Crippen LogP contribution in [-0.2, 0) is 0 Å². The van der Waals surface area contributed by atoms with Crippen LogP contribution < -0.4 is 5.19 Å². The van der Waals surface area contributed by atoms with Crippen molar-refractivity contribution in [1.29, 1.82) is 0 Å². The predicted molar refractivity (Wildman–Crippen MR) is 64.6 cm³/mol. The van der Waals surface area contributed by atoms with Gasteiger partial charge in [-0.1, -0.05) is 56.1 Å². The van der Waals surface area contributed by atoms with E-state index in [0.29, 0.717) is 0 Å². The Morgan fingerprint density at radius 1 is 1.07 bits per heavy atom. The molecule has 0 atom stereocenters. The second-order valence-corrected chi connectivity index (χ2v) is 14.3. The minimum absolute atomic E-state index is 0.139. The number of aliphatic hydroxyl groups is 2. The Morgan fingerprint density at radius 3 is 2.00 bits per heavy atom. The van der Waals surface area contributed by atoms with Crippen LogP contribution in [-0.4, -0.2) is 30.7 Å². The van der Waals surface area contributed by atoms with Gasteiger partial charge in [0.05, 0.1) is 12.7 Å². The van der Waals surface area contributed by atoms with Crippen molar-refractivity contribution < 1.29 is 10.2 Å². The summed E-state index contributed by atoms with van der Waals surface area (Å²) in [4.78, 5) is 0. The molecule has 1 aromatic carbocycles. The van der Waals surface area contributed by atoms with Crippen molar-refractivity contribution in [3.63, 3.8) is 0 Å². The first kappa shape index (κ1) is 11.9. The van der Waals surface area contributed by atoms with Crippen molar-refractivity contribution in [1.82, 2.24) is 0 Å². The summed E-state index contributed by atoms with van der Waals surface area (Å²) in [7, 11) is -2.27. The van der Waals surface area contributed by atoms with Crippen LogP contribution in [0.3, 0.4) is 0 Å². The van der Waals surface area contributed by atoms with Gasteiger partial charge in [0.1, 0.15) is 7.74 Å². The summed E-state index contributed by atoms with van der Waals surface area (Å²) in [5.41, 5.74) is 0. The van der Waals surface area contributed by atoms with Crippen molar-refractivity contribution in [2.24, 2.45) is 0 Å². The molecular weight excluding hydrogens is 211 g/mol. The van der Waals surface area contributed by atoms with E-state index in [0.717, 1.165) is 0 Å². The molecule has 0 aromatic heterocycles. The van der Waals surface area contributed by atoms with Crippen molar-refractivity contribution in [2.75, 3.05) is 12.7 Å². The molecule has 0 fully saturated rings. The Balaban J connectivity index is 2.94. The van der Waals surface area contributed by atoms with Crippen LogP contribution in [0.25, 0.3) is 0 Å². The predicted octanol–water partition coefficient (Wildman–Crippen LogP) is 1.48. The molecule has 0 bridgehead atoms. The van der Waals surface area contributed by atoms with Gasteiger partial charge in [-0.3, -0.25) is 0 Å². The molecule has 0 aliphatic heterocycles. The highest BCUT2D eigenvalue weighted by Crippen LogP contribution is 2.43. The van der Waals surface area contributed by atoms with E-state index in [1.807, 2.05) is 18.2 Å². The highest BCUT2D eigenvalue weighted by atomic mass is 31.4. The van der Waals surface area contributed by atoms with Crippen LogP contribution in [0, 0.1) is 0 Å². The maximum atomic E-state index is 9.23. The minimum atomic E-state index is -1.64. The number of hydrogen-bond donors (Lipinski definition) is 2. The van der Waals surface area contributed by atoms with Crippen molar-refractivity contribution in [3.8, 4) is 0 Å². The van der Waals surface area contributed by atoms with Crippen LogP contribution >= 0.6 is 7.47 Å². The van der Waals surface area contributed by atoms with Gasteiger partial charge in [0.2, 0.25) is 0 Å². The number of rotatable bonds is 4. The first-order valence-electron chi connectivity index (χ1n) is 4.65. The fourth-order valence-corrected chi connectivity index (χ4v) is 7.26. The van der Waals surface area contributed by atoms with E-state index in [4.69, 9.17) is 0 Å². The van der Waals surface area contributed by atoms with E-state index in [1.54, 1.807) is 0 Å². The molecule has 0 saturated carbocycles. The molecule has 2 nitrogen and oxygen atoms in total. The summed E-state index contributed by atoms with van der Waals surface area (Å²) in [6, 6.07) is 10.2. The van der Waals surface area contributed by atoms with Gasteiger partial charge >= 0.3 is 0 Å². The highest BCUT2D eigenvalue weighted by molar-refractivity contribution is 7.96. The largest absolute Gasteiger partial charge is 0.392 e. The Labute approximate surface area is 87.2 Å². The molecule has 1 rings (SSSR count). The van der Waals surface area contributed by atoms with Crippen molar-refractivity contribution in [3.05, 3.63) is 30.3 Å². The molecule has 0 spiro atoms. The quantitative estimate of drug-likeness (QED) is 0.605. The Morgan fingerprint density at radius 2 is 1.57 bits per heavy atom. The van der Waals surface area contributed by atoms with E-state index in [-0.39, 0.29) is 12.7 Å². The summed E-state index contributed by atoms with van der Waals surface area (Å²) in [6.07, 6.45) is 0.278. The normalized spacial score (nSPS) is 12.1. The lowest BCUT2D eigenvalue weighted by Gasteiger charge is -2.30. The molecule has 0 aliphatic carbocycles. The molecule has 4 heteroatoms. The summed E-state index contributed by atoms with van der Waals surface area (Å²) in [5.74, 6) is 0. The molecule has 0 saturated heterocycles. The van der Waals surface area contributed by atoms with Crippen LogP contribution in [0.5, 0.6) is 0 Å². The standard InChI is InChI=1S/C10H17O2PSi/c1-14(2,13(8-11)9-12)10-6-4-3-5-7-10/h3-7,11-12H,8-9H2,1-2H3. The van der Waals surface area contributed by atoms with E-state index >= 15 is 0 Å². The Hall–Kier alpha value is -0.213. The highest BCUT2D eigenvalue weighted by Gasteiger charge is 2.32. The summed E-state index contributed by atoms with van der Waals surface area (Å²) in [6.45, 7) is 4.42. The number of aliphatic hydroxyl groups excluding tert-OH is 2. The van der Waals surface area contributed by atoms with Gasteiger partial charge in [-0.15, -0.1) is 0 Å². The van der Waals surface area contributed by atoms with Gasteiger partial charge in [-0.25, -0.2) is 0 Å². The summed E-state index contributed by atoms with van der Waals surface area (Å²) >= 11 is 0. The third-order valence-corrected chi connectivity index (χ3v) is 13.0. The zero-order chi connectivity index (χ0) is 10.6. The second-order valence-electron chi connectivity index (χ2n) is 3.75. The Bertz CT molecular complexity index is 273. The second kappa shape index (κ2) is 5.03. The lowest BCUT2D eigenvalue weighted by Crippen LogP contribution is -2.41. The first-order valence-corrected chi connectivity index (χ1v) is 10.2. The Kier molecular flexibility index (Phi) is 4.26. The first-order chi connectivity index (χ1) is 6.62.